The Morgan fingerprint density at radius 3 is 2.66 bits per heavy atom. The zero-order chi connectivity index (χ0) is 19.8. The molecule has 1 amide bonds. The summed E-state index contributed by atoms with van der Waals surface area (Å²) in [5, 5.41) is 4.77. The van der Waals surface area contributed by atoms with E-state index in [0.717, 1.165) is 65.4 Å². The van der Waals surface area contributed by atoms with Crippen LogP contribution in [0.25, 0.3) is 5.69 Å². The van der Waals surface area contributed by atoms with Gasteiger partial charge in [0.05, 0.1) is 11.4 Å². The molecule has 2 aliphatic rings. The Labute approximate surface area is 173 Å². The molecule has 1 aliphatic carbocycles. The van der Waals surface area contributed by atoms with Crippen LogP contribution >= 0.6 is 11.8 Å². The first-order chi connectivity index (χ1) is 14.2. The Balaban J connectivity index is 1.59. The van der Waals surface area contributed by atoms with E-state index in [1.165, 1.54) is 12.1 Å². The number of hydrogen-bond donors (Lipinski definition) is 0. The van der Waals surface area contributed by atoms with Crippen molar-refractivity contribution in [2.24, 2.45) is 0 Å². The highest BCUT2D eigenvalue weighted by molar-refractivity contribution is 7.99. The number of nitrogens with zero attached hydrogens (tertiary/aromatic N) is 3. The number of para-hydroxylation sites is 1. The molecule has 3 aromatic rings. The van der Waals surface area contributed by atoms with Crippen LogP contribution in [-0.4, -0.2) is 28.0 Å². The molecule has 1 aromatic heterocycles. The second kappa shape index (κ2) is 7.67. The lowest BCUT2D eigenvalue weighted by Gasteiger charge is -2.22. The van der Waals surface area contributed by atoms with Gasteiger partial charge < -0.3 is 4.90 Å². The molecule has 0 N–H and O–H groups in total. The molecule has 2 aromatic carbocycles. The maximum absolute atomic E-state index is 13.7. The number of carbonyl (C=O) groups is 1. The van der Waals surface area contributed by atoms with Gasteiger partial charge in [0.1, 0.15) is 5.82 Å². The van der Waals surface area contributed by atoms with Gasteiger partial charge in [-0.3, -0.25) is 4.79 Å². The highest BCUT2D eigenvalue weighted by Crippen LogP contribution is 2.35. The van der Waals surface area contributed by atoms with Crippen molar-refractivity contribution >= 4 is 23.4 Å². The first-order valence-corrected chi connectivity index (χ1v) is 11.1. The van der Waals surface area contributed by atoms with Crippen LogP contribution in [0.5, 0.6) is 0 Å². The molecule has 0 fully saturated rings. The lowest BCUT2D eigenvalue weighted by molar-refractivity contribution is 0.0980. The Hall–Kier alpha value is -2.60. The second-order valence-electron chi connectivity index (χ2n) is 7.50. The van der Waals surface area contributed by atoms with Crippen LogP contribution in [0, 0.1) is 5.82 Å². The number of hydrogen-bond acceptors (Lipinski definition) is 3. The molecule has 5 rings (SSSR count). The van der Waals surface area contributed by atoms with E-state index < -0.39 is 0 Å². The Bertz CT molecular complexity index is 1060. The topological polar surface area (TPSA) is 38.1 Å². The predicted octanol–water partition coefficient (Wildman–Crippen LogP) is 5.03. The average molecular weight is 408 g/mol. The lowest BCUT2D eigenvalue weighted by Crippen LogP contribution is -2.33. The zero-order valence-electron chi connectivity index (χ0n) is 16.1. The molecule has 148 valence electrons. The van der Waals surface area contributed by atoms with Gasteiger partial charge in [-0.25, -0.2) is 9.07 Å². The van der Waals surface area contributed by atoms with Crippen LogP contribution in [0.1, 0.15) is 41.0 Å². The van der Waals surface area contributed by atoms with Crippen LogP contribution in [0.3, 0.4) is 0 Å². The Kier molecular flexibility index (Phi) is 4.87. The molecule has 29 heavy (non-hydrogen) atoms. The minimum atomic E-state index is -0.273. The first-order valence-electron chi connectivity index (χ1n) is 10.1. The summed E-state index contributed by atoms with van der Waals surface area (Å²) < 4.78 is 15.3. The molecule has 0 saturated heterocycles. The second-order valence-corrected chi connectivity index (χ2v) is 8.63. The van der Waals surface area contributed by atoms with Crippen molar-refractivity contribution < 1.29 is 9.18 Å². The van der Waals surface area contributed by atoms with Crippen molar-refractivity contribution in [3.05, 3.63) is 71.3 Å². The normalized spacial score (nSPS) is 16.1. The molecule has 6 heteroatoms. The largest absolute Gasteiger partial charge is 0.306 e. The van der Waals surface area contributed by atoms with Crippen LogP contribution in [0.4, 0.5) is 10.1 Å². The van der Waals surface area contributed by atoms with Crippen LogP contribution in [0.2, 0.25) is 0 Å². The van der Waals surface area contributed by atoms with Crippen LogP contribution in [0.15, 0.2) is 53.4 Å². The van der Waals surface area contributed by atoms with Crippen LogP contribution in [-0.2, 0) is 12.8 Å². The fourth-order valence-electron chi connectivity index (χ4n) is 4.23. The smallest absolute Gasteiger partial charge is 0.279 e. The van der Waals surface area contributed by atoms with E-state index in [1.807, 2.05) is 27.8 Å². The molecule has 0 bridgehead atoms. The van der Waals surface area contributed by atoms with E-state index in [0.29, 0.717) is 12.2 Å². The number of fused-ring (bicyclic) bond motifs is 2. The highest BCUT2D eigenvalue weighted by Gasteiger charge is 2.30. The maximum Gasteiger partial charge on any atom is 0.279 e. The monoisotopic (exact) mass is 407 g/mol. The third kappa shape index (κ3) is 3.35. The molecule has 1 aliphatic heterocycles. The van der Waals surface area contributed by atoms with Crippen molar-refractivity contribution in [3.63, 3.8) is 0 Å². The summed E-state index contributed by atoms with van der Waals surface area (Å²) in [6, 6.07) is 14.4. The standard InChI is InChI=1S/C23H22FN3OS/c24-16-10-12-17(13-11-16)27-19-7-2-1-6-18(19)22(25-27)23(28)26-14-5-15-29-21-9-4-3-8-20(21)26/h3-4,8-13H,1-2,5-7,14-15H2. The molecule has 0 atom stereocenters. The quantitative estimate of drug-likeness (QED) is 0.598. The zero-order valence-corrected chi connectivity index (χ0v) is 16.9. The van der Waals surface area contributed by atoms with Gasteiger partial charge in [-0.15, -0.1) is 11.8 Å². The van der Waals surface area contributed by atoms with Crippen molar-refractivity contribution in [2.45, 2.75) is 37.0 Å². The molecule has 2 heterocycles. The molecule has 0 radical (unpaired) electrons. The van der Waals surface area contributed by atoms with Crippen molar-refractivity contribution in [1.29, 1.82) is 0 Å². The number of aromatic nitrogens is 2. The summed E-state index contributed by atoms with van der Waals surface area (Å²) in [5.74, 6) is 0.701. The predicted molar refractivity (Wildman–Crippen MR) is 114 cm³/mol. The van der Waals surface area contributed by atoms with Gasteiger partial charge in [0.2, 0.25) is 0 Å². The van der Waals surface area contributed by atoms with E-state index in [-0.39, 0.29) is 11.7 Å². The number of carbonyl (C=O) groups excluding carboxylic acids is 1. The number of thioether (sulfide) groups is 1. The third-order valence-electron chi connectivity index (χ3n) is 5.64. The van der Waals surface area contributed by atoms with Gasteiger partial charge in [0, 0.05) is 22.7 Å². The Morgan fingerprint density at radius 1 is 1.00 bits per heavy atom. The SMILES string of the molecule is O=C(c1nn(-c2ccc(F)cc2)c2c1CCCC2)N1CCCSc2ccccc21. The van der Waals surface area contributed by atoms with E-state index >= 15 is 0 Å². The summed E-state index contributed by atoms with van der Waals surface area (Å²) in [6.07, 6.45) is 4.85. The van der Waals surface area contributed by atoms with Gasteiger partial charge in [0.15, 0.2) is 5.69 Å². The minimum absolute atomic E-state index is 0.0287. The van der Waals surface area contributed by atoms with Gasteiger partial charge >= 0.3 is 0 Å². The summed E-state index contributed by atoms with van der Waals surface area (Å²) in [4.78, 5) is 16.7. The van der Waals surface area contributed by atoms with E-state index in [2.05, 4.69) is 6.07 Å². The lowest BCUT2D eigenvalue weighted by atomic mass is 9.95. The molecular formula is C23H22FN3OS. The molecular weight excluding hydrogens is 385 g/mol. The number of anilines is 1. The maximum atomic E-state index is 13.7. The number of rotatable bonds is 2. The van der Waals surface area contributed by atoms with E-state index in [4.69, 9.17) is 5.10 Å². The summed E-state index contributed by atoms with van der Waals surface area (Å²) in [7, 11) is 0. The van der Waals surface area contributed by atoms with Crippen LogP contribution < -0.4 is 4.90 Å². The fraction of sp³-hybridized carbons (Fsp3) is 0.304. The van der Waals surface area contributed by atoms with Gasteiger partial charge in [-0.1, -0.05) is 12.1 Å². The van der Waals surface area contributed by atoms with Gasteiger partial charge in [0.25, 0.3) is 5.91 Å². The van der Waals surface area contributed by atoms with Gasteiger partial charge in [-0.2, -0.15) is 5.10 Å². The van der Waals surface area contributed by atoms with Crippen molar-refractivity contribution in [3.8, 4) is 5.69 Å². The highest BCUT2D eigenvalue weighted by atomic mass is 32.2. The third-order valence-corrected chi connectivity index (χ3v) is 6.79. The average Bonchev–Trinajstić information content (AvgIpc) is 3.00. The number of amides is 1. The summed E-state index contributed by atoms with van der Waals surface area (Å²) >= 11 is 1.80. The molecule has 0 spiro atoms. The minimum Gasteiger partial charge on any atom is -0.306 e. The van der Waals surface area contributed by atoms with Gasteiger partial charge in [-0.05, 0) is 74.3 Å². The van der Waals surface area contributed by atoms with Crippen molar-refractivity contribution in [2.75, 3.05) is 17.2 Å². The summed E-state index contributed by atoms with van der Waals surface area (Å²) in [5.41, 5.74) is 4.46. The fourth-order valence-corrected chi connectivity index (χ4v) is 5.23. The molecule has 0 saturated carbocycles. The Morgan fingerprint density at radius 2 is 1.79 bits per heavy atom. The first kappa shape index (κ1) is 18.4. The van der Waals surface area contributed by atoms with E-state index in [9.17, 15) is 9.18 Å². The number of benzene rings is 2. The number of halogens is 1. The summed E-state index contributed by atoms with van der Waals surface area (Å²) in [6.45, 7) is 0.695. The van der Waals surface area contributed by atoms with E-state index in [1.54, 1.807) is 23.9 Å². The van der Waals surface area contributed by atoms with Crippen molar-refractivity contribution in [1.82, 2.24) is 9.78 Å². The molecule has 0 unspecified atom stereocenters. The molecule has 4 nitrogen and oxygen atoms in total.